The van der Waals surface area contributed by atoms with Gasteiger partial charge in [0.2, 0.25) is 0 Å². The average Bonchev–Trinajstić information content (AvgIpc) is 3.03. The minimum atomic E-state index is -0.0495. The van der Waals surface area contributed by atoms with E-state index in [2.05, 4.69) is 32.8 Å². The zero-order chi connectivity index (χ0) is 16.1. The van der Waals surface area contributed by atoms with E-state index < -0.39 is 0 Å². The first kappa shape index (κ1) is 22.2. The fourth-order valence-electron chi connectivity index (χ4n) is 3.73. The van der Waals surface area contributed by atoms with E-state index in [4.69, 9.17) is 0 Å². The number of nitrogens with one attached hydrogen (secondary N) is 3. The molecule has 0 bridgehead atoms. The monoisotopic (exact) mass is 391 g/mol. The quantitative estimate of drug-likeness (QED) is 0.650. The fraction of sp³-hybridized carbons (Fsp3) is 0.765. The first-order chi connectivity index (χ1) is 11.3. The second-order valence-corrected chi connectivity index (χ2v) is 6.84. The number of hydrogen-bond donors (Lipinski definition) is 3. The molecule has 0 unspecified atom stereocenters. The minimum Gasteiger partial charge on any atom is -0.351 e. The van der Waals surface area contributed by atoms with Crippen LogP contribution in [-0.2, 0) is 13.0 Å². The molecule has 25 heavy (non-hydrogen) atoms. The topological polar surface area (TPSA) is 73.0 Å². The molecule has 2 aliphatic rings. The molecule has 8 heteroatoms. The van der Waals surface area contributed by atoms with Crippen molar-refractivity contribution in [2.24, 2.45) is 0 Å². The molecule has 1 aromatic heterocycles. The summed E-state index contributed by atoms with van der Waals surface area (Å²) < 4.78 is 0. The van der Waals surface area contributed by atoms with Crippen molar-refractivity contribution in [2.75, 3.05) is 26.7 Å². The predicted octanol–water partition coefficient (Wildman–Crippen LogP) is 2.28. The Hall–Kier alpha value is -0.820. The SMILES string of the molecule is CN(CCCNC(=O)c1n[nH]c2c1CNCC2)C1CCCCC1.Cl.Cl. The van der Waals surface area contributed by atoms with Gasteiger partial charge in [0.1, 0.15) is 0 Å². The van der Waals surface area contributed by atoms with E-state index in [9.17, 15) is 4.79 Å². The number of fused-ring (bicyclic) bond motifs is 1. The molecule has 1 fully saturated rings. The number of amides is 1. The largest absolute Gasteiger partial charge is 0.351 e. The van der Waals surface area contributed by atoms with Crippen molar-refractivity contribution in [3.63, 3.8) is 0 Å². The third kappa shape index (κ3) is 5.84. The molecule has 1 aromatic rings. The molecule has 0 saturated heterocycles. The maximum Gasteiger partial charge on any atom is 0.272 e. The van der Waals surface area contributed by atoms with Gasteiger partial charge < -0.3 is 15.5 Å². The van der Waals surface area contributed by atoms with Crippen LogP contribution >= 0.6 is 24.8 Å². The first-order valence-corrected chi connectivity index (χ1v) is 9.01. The molecule has 0 atom stereocenters. The molecule has 1 aliphatic heterocycles. The molecule has 3 N–H and O–H groups in total. The highest BCUT2D eigenvalue weighted by atomic mass is 35.5. The van der Waals surface area contributed by atoms with Crippen molar-refractivity contribution >= 4 is 30.7 Å². The van der Waals surface area contributed by atoms with Crippen LogP contribution in [0.4, 0.5) is 0 Å². The van der Waals surface area contributed by atoms with Crippen molar-refractivity contribution in [1.29, 1.82) is 0 Å². The lowest BCUT2D eigenvalue weighted by atomic mass is 9.94. The van der Waals surface area contributed by atoms with Crippen molar-refractivity contribution in [3.05, 3.63) is 17.0 Å². The number of aromatic nitrogens is 2. The summed E-state index contributed by atoms with van der Waals surface area (Å²) in [6.45, 7) is 3.44. The molecule has 6 nitrogen and oxygen atoms in total. The van der Waals surface area contributed by atoms with Crippen LogP contribution in [0.3, 0.4) is 0 Å². The number of rotatable bonds is 6. The summed E-state index contributed by atoms with van der Waals surface area (Å²) in [5.41, 5.74) is 2.70. The van der Waals surface area contributed by atoms with Crippen LogP contribution in [0.2, 0.25) is 0 Å². The van der Waals surface area contributed by atoms with Crippen LogP contribution in [0.5, 0.6) is 0 Å². The Kier molecular flexibility index (Phi) is 9.79. The highest BCUT2D eigenvalue weighted by molar-refractivity contribution is 5.94. The summed E-state index contributed by atoms with van der Waals surface area (Å²) in [6, 6.07) is 0.740. The van der Waals surface area contributed by atoms with E-state index >= 15 is 0 Å². The maximum atomic E-state index is 12.3. The van der Waals surface area contributed by atoms with E-state index in [0.717, 1.165) is 49.8 Å². The number of aromatic amines is 1. The molecule has 0 radical (unpaired) electrons. The van der Waals surface area contributed by atoms with Gasteiger partial charge in [-0.25, -0.2) is 0 Å². The van der Waals surface area contributed by atoms with E-state index in [1.807, 2.05) is 0 Å². The first-order valence-electron chi connectivity index (χ1n) is 9.01. The van der Waals surface area contributed by atoms with Gasteiger partial charge in [0.15, 0.2) is 5.69 Å². The molecular formula is C17H31Cl2N5O. The summed E-state index contributed by atoms with van der Waals surface area (Å²) in [7, 11) is 2.22. The lowest BCUT2D eigenvalue weighted by molar-refractivity contribution is 0.0944. The van der Waals surface area contributed by atoms with Gasteiger partial charge >= 0.3 is 0 Å². The molecule has 0 aromatic carbocycles. The molecule has 144 valence electrons. The molecule has 2 heterocycles. The van der Waals surface area contributed by atoms with Crippen molar-refractivity contribution in [1.82, 2.24) is 25.7 Å². The molecule has 0 spiro atoms. The maximum absolute atomic E-state index is 12.3. The molecule has 1 saturated carbocycles. The molecule has 1 amide bonds. The van der Waals surface area contributed by atoms with Crippen LogP contribution in [0, 0.1) is 0 Å². The van der Waals surface area contributed by atoms with Gasteiger partial charge in [-0.1, -0.05) is 19.3 Å². The minimum absolute atomic E-state index is 0. The Labute approximate surface area is 162 Å². The summed E-state index contributed by atoms with van der Waals surface area (Å²) in [6.07, 6.45) is 8.69. The Bertz CT molecular complexity index is 531. The summed E-state index contributed by atoms with van der Waals surface area (Å²) in [4.78, 5) is 14.8. The zero-order valence-corrected chi connectivity index (χ0v) is 16.6. The number of hydrogen-bond acceptors (Lipinski definition) is 4. The van der Waals surface area contributed by atoms with Gasteiger partial charge in [-0.15, -0.1) is 24.8 Å². The van der Waals surface area contributed by atoms with Gasteiger partial charge in [-0.05, 0) is 32.9 Å². The van der Waals surface area contributed by atoms with E-state index in [-0.39, 0.29) is 30.7 Å². The smallest absolute Gasteiger partial charge is 0.272 e. The number of carbonyl (C=O) groups excluding carboxylic acids is 1. The molecule has 3 rings (SSSR count). The Morgan fingerprint density at radius 1 is 1.28 bits per heavy atom. The third-order valence-corrected chi connectivity index (χ3v) is 5.19. The van der Waals surface area contributed by atoms with Gasteiger partial charge in [-0.2, -0.15) is 5.10 Å². The lowest BCUT2D eigenvalue weighted by Gasteiger charge is -2.31. The lowest BCUT2D eigenvalue weighted by Crippen LogP contribution is -2.36. The van der Waals surface area contributed by atoms with Gasteiger partial charge in [0, 0.05) is 43.4 Å². The van der Waals surface area contributed by atoms with Crippen LogP contribution in [0.25, 0.3) is 0 Å². The zero-order valence-electron chi connectivity index (χ0n) is 15.0. The number of halogens is 2. The Morgan fingerprint density at radius 2 is 2.04 bits per heavy atom. The average molecular weight is 392 g/mol. The Morgan fingerprint density at radius 3 is 2.80 bits per heavy atom. The van der Waals surface area contributed by atoms with Gasteiger partial charge in [0.05, 0.1) is 0 Å². The van der Waals surface area contributed by atoms with Crippen LogP contribution in [0.15, 0.2) is 0 Å². The number of carbonyl (C=O) groups is 1. The fourth-order valence-corrected chi connectivity index (χ4v) is 3.73. The van der Waals surface area contributed by atoms with Crippen LogP contribution in [-0.4, -0.2) is 53.7 Å². The van der Waals surface area contributed by atoms with Gasteiger partial charge in [0.25, 0.3) is 5.91 Å². The van der Waals surface area contributed by atoms with E-state index in [0.29, 0.717) is 12.2 Å². The van der Waals surface area contributed by atoms with Crippen molar-refractivity contribution in [3.8, 4) is 0 Å². The second kappa shape index (κ2) is 11.0. The van der Waals surface area contributed by atoms with Crippen molar-refractivity contribution < 1.29 is 4.79 Å². The Balaban J connectivity index is 0.00000156. The van der Waals surface area contributed by atoms with Crippen molar-refractivity contribution in [2.45, 2.75) is 57.5 Å². The highest BCUT2D eigenvalue weighted by Crippen LogP contribution is 2.21. The van der Waals surface area contributed by atoms with Crippen LogP contribution < -0.4 is 10.6 Å². The normalized spacial score (nSPS) is 17.4. The molecular weight excluding hydrogens is 361 g/mol. The van der Waals surface area contributed by atoms with Crippen LogP contribution in [0.1, 0.15) is 60.3 Å². The number of H-pyrrole nitrogens is 1. The summed E-state index contributed by atoms with van der Waals surface area (Å²) >= 11 is 0. The standard InChI is InChI=1S/C17H29N5O.2ClH/c1-22(13-6-3-2-4-7-13)11-5-9-19-17(23)16-14-12-18-10-8-15(14)20-21-16;;/h13,18H,2-12H2,1H3,(H,19,23)(H,20,21);2*1H. The van der Waals surface area contributed by atoms with Gasteiger partial charge in [-0.3, -0.25) is 9.89 Å². The number of nitrogens with zero attached hydrogens (tertiary/aromatic N) is 2. The summed E-state index contributed by atoms with van der Waals surface area (Å²) in [5.74, 6) is -0.0495. The second-order valence-electron chi connectivity index (χ2n) is 6.84. The predicted molar refractivity (Wildman–Crippen MR) is 105 cm³/mol. The van der Waals surface area contributed by atoms with E-state index in [1.165, 1.54) is 32.1 Å². The van der Waals surface area contributed by atoms with E-state index in [1.54, 1.807) is 0 Å². The third-order valence-electron chi connectivity index (χ3n) is 5.19. The summed E-state index contributed by atoms with van der Waals surface area (Å²) in [5, 5.41) is 13.5. The highest BCUT2D eigenvalue weighted by Gasteiger charge is 2.21. The molecule has 1 aliphatic carbocycles.